The van der Waals surface area contributed by atoms with E-state index >= 15 is 0 Å². The summed E-state index contributed by atoms with van der Waals surface area (Å²) in [5.41, 5.74) is 3.74. The summed E-state index contributed by atoms with van der Waals surface area (Å²) in [5, 5.41) is 9.94. The molecule has 0 saturated carbocycles. The van der Waals surface area contributed by atoms with Crippen LogP contribution < -0.4 is 0 Å². The molecule has 0 aliphatic carbocycles. The smallest absolute Gasteiger partial charge is 0.172 e. The van der Waals surface area contributed by atoms with Crippen molar-refractivity contribution < 1.29 is 14.6 Å². The van der Waals surface area contributed by atoms with Crippen LogP contribution in [-0.2, 0) is 11.3 Å². The van der Waals surface area contributed by atoms with Crippen LogP contribution in [0.2, 0.25) is 0 Å². The molecule has 19 heavy (non-hydrogen) atoms. The molecule has 1 unspecified atom stereocenters. The second-order valence-corrected chi connectivity index (χ2v) is 4.65. The molecule has 0 saturated heterocycles. The largest absolute Gasteiger partial charge is 0.505 e. The first-order valence-corrected chi connectivity index (χ1v) is 6.05. The van der Waals surface area contributed by atoms with E-state index in [1.54, 1.807) is 6.20 Å². The molecule has 0 fully saturated rings. The summed E-state index contributed by atoms with van der Waals surface area (Å²) in [6, 6.07) is 8.03. The standard InChI is InChI=1S/C15H13NO3/c1-9-2-4-10(5-3-9)15-11-6-16-13(7-17)14(18)12(11)8-19-15/h2-7,15,18H,8H2,1H3. The van der Waals surface area contributed by atoms with E-state index in [4.69, 9.17) is 4.74 Å². The van der Waals surface area contributed by atoms with Gasteiger partial charge in [-0.05, 0) is 12.5 Å². The molecule has 1 aliphatic rings. The number of nitrogens with zero attached hydrogens (tertiary/aromatic N) is 1. The number of aromatic hydroxyl groups is 1. The zero-order valence-corrected chi connectivity index (χ0v) is 10.5. The van der Waals surface area contributed by atoms with Crippen molar-refractivity contribution in [1.82, 2.24) is 4.98 Å². The molecule has 0 amide bonds. The van der Waals surface area contributed by atoms with Crippen LogP contribution in [0, 0.1) is 6.92 Å². The number of hydrogen-bond donors (Lipinski definition) is 1. The Morgan fingerprint density at radius 2 is 2.11 bits per heavy atom. The Kier molecular flexibility index (Phi) is 2.80. The zero-order chi connectivity index (χ0) is 13.4. The fourth-order valence-electron chi connectivity index (χ4n) is 2.31. The summed E-state index contributed by atoms with van der Waals surface area (Å²) in [6.07, 6.45) is 1.93. The number of pyridine rings is 1. The second-order valence-electron chi connectivity index (χ2n) is 4.65. The number of fused-ring (bicyclic) bond motifs is 1. The lowest BCUT2D eigenvalue weighted by Gasteiger charge is -2.11. The fraction of sp³-hybridized carbons (Fsp3) is 0.200. The molecule has 4 heteroatoms. The quantitative estimate of drug-likeness (QED) is 0.838. The molecule has 0 radical (unpaired) electrons. The Balaban J connectivity index is 2.05. The molecule has 1 N–H and O–H groups in total. The van der Waals surface area contributed by atoms with E-state index in [0.29, 0.717) is 18.5 Å². The minimum Gasteiger partial charge on any atom is -0.505 e. The second kappa shape index (κ2) is 4.48. The fourth-order valence-corrected chi connectivity index (χ4v) is 2.31. The van der Waals surface area contributed by atoms with Gasteiger partial charge in [-0.2, -0.15) is 0 Å². The molecular formula is C15H13NO3. The number of rotatable bonds is 2. The number of carbonyl (C=O) groups is 1. The van der Waals surface area contributed by atoms with Crippen LogP contribution in [-0.4, -0.2) is 16.4 Å². The number of hydrogen-bond acceptors (Lipinski definition) is 4. The maximum absolute atomic E-state index is 10.8. The first kappa shape index (κ1) is 11.9. The molecular weight excluding hydrogens is 242 g/mol. The molecule has 1 aliphatic heterocycles. The van der Waals surface area contributed by atoms with Gasteiger partial charge in [0.2, 0.25) is 0 Å². The summed E-state index contributed by atoms with van der Waals surface area (Å²) in [5.74, 6) is -0.0675. The van der Waals surface area contributed by atoms with Crippen LogP contribution in [0.1, 0.15) is 38.8 Å². The van der Waals surface area contributed by atoms with E-state index in [9.17, 15) is 9.90 Å². The van der Waals surface area contributed by atoms with Crippen molar-refractivity contribution in [3.05, 3.63) is 58.4 Å². The first-order valence-electron chi connectivity index (χ1n) is 6.05. The first-order chi connectivity index (χ1) is 9.20. The lowest BCUT2D eigenvalue weighted by atomic mass is 9.99. The maximum atomic E-state index is 10.8. The van der Waals surface area contributed by atoms with Gasteiger partial charge < -0.3 is 9.84 Å². The lowest BCUT2D eigenvalue weighted by Crippen LogP contribution is -2.00. The summed E-state index contributed by atoms with van der Waals surface area (Å²) in [6.45, 7) is 2.32. The van der Waals surface area contributed by atoms with Gasteiger partial charge in [0.05, 0.1) is 6.61 Å². The van der Waals surface area contributed by atoms with Gasteiger partial charge in [-0.15, -0.1) is 0 Å². The SMILES string of the molecule is Cc1ccc(C2OCc3c2cnc(C=O)c3O)cc1. The van der Waals surface area contributed by atoms with E-state index in [1.807, 2.05) is 31.2 Å². The van der Waals surface area contributed by atoms with E-state index in [0.717, 1.165) is 11.1 Å². The highest BCUT2D eigenvalue weighted by Gasteiger charge is 2.28. The van der Waals surface area contributed by atoms with Gasteiger partial charge in [0.15, 0.2) is 12.0 Å². The number of aryl methyl sites for hydroxylation is 1. The van der Waals surface area contributed by atoms with Crippen LogP contribution in [0.25, 0.3) is 0 Å². The number of ether oxygens (including phenoxy) is 1. The monoisotopic (exact) mass is 255 g/mol. The Labute approximate surface area is 110 Å². The average molecular weight is 255 g/mol. The summed E-state index contributed by atoms with van der Waals surface area (Å²) < 4.78 is 5.71. The zero-order valence-electron chi connectivity index (χ0n) is 10.5. The minimum absolute atomic E-state index is 0.0620. The Hall–Kier alpha value is -2.20. The van der Waals surface area contributed by atoms with Crippen molar-refractivity contribution in [2.75, 3.05) is 0 Å². The topological polar surface area (TPSA) is 59.4 Å². The number of benzene rings is 1. The molecule has 1 aromatic heterocycles. The molecule has 3 rings (SSSR count). The summed E-state index contributed by atoms with van der Waals surface area (Å²) in [7, 11) is 0. The van der Waals surface area contributed by atoms with Crippen molar-refractivity contribution in [1.29, 1.82) is 0 Å². The predicted octanol–water partition coefficient (Wildman–Crippen LogP) is 2.53. The van der Waals surface area contributed by atoms with Gasteiger partial charge in [-0.25, -0.2) is 4.98 Å². The number of carbonyl (C=O) groups excluding carboxylic acids is 1. The van der Waals surface area contributed by atoms with E-state index in [-0.39, 0.29) is 17.5 Å². The van der Waals surface area contributed by atoms with E-state index < -0.39 is 0 Å². The van der Waals surface area contributed by atoms with Crippen LogP contribution >= 0.6 is 0 Å². The van der Waals surface area contributed by atoms with Gasteiger partial charge in [0, 0.05) is 17.3 Å². The molecule has 0 spiro atoms. The van der Waals surface area contributed by atoms with Gasteiger partial charge in [0.25, 0.3) is 0 Å². The molecule has 0 bridgehead atoms. The van der Waals surface area contributed by atoms with Gasteiger partial charge in [0.1, 0.15) is 11.8 Å². The third kappa shape index (κ3) is 1.90. The van der Waals surface area contributed by atoms with Crippen LogP contribution in [0.4, 0.5) is 0 Å². The highest BCUT2D eigenvalue weighted by Crippen LogP contribution is 2.39. The van der Waals surface area contributed by atoms with E-state index in [1.165, 1.54) is 5.56 Å². The van der Waals surface area contributed by atoms with Crippen LogP contribution in [0.5, 0.6) is 5.75 Å². The van der Waals surface area contributed by atoms with Crippen molar-refractivity contribution in [3.8, 4) is 5.75 Å². The Bertz CT molecular complexity index is 635. The number of aromatic nitrogens is 1. The molecule has 1 atom stereocenters. The van der Waals surface area contributed by atoms with Crippen LogP contribution in [0.15, 0.2) is 30.5 Å². The average Bonchev–Trinajstić information content (AvgIpc) is 2.85. The third-order valence-corrected chi connectivity index (χ3v) is 3.39. The summed E-state index contributed by atoms with van der Waals surface area (Å²) >= 11 is 0. The normalized spacial score (nSPS) is 17.2. The minimum atomic E-state index is -0.227. The lowest BCUT2D eigenvalue weighted by molar-refractivity contribution is 0.0932. The Morgan fingerprint density at radius 3 is 2.79 bits per heavy atom. The van der Waals surface area contributed by atoms with E-state index in [2.05, 4.69) is 4.98 Å². The maximum Gasteiger partial charge on any atom is 0.172 e. The molecule has 4 nitrogen and oxygen atoms in total. The summed E-state index contributed by atoms with van der Waals surface area (Å²) in [4.78, 5) is 14.7. The van der Waals surface area contributed by atoms with Gasteiger partial charge in [-0.3, -0.25) is 4.79 Å². The van der Waals surface area contributed by atoms with Crippen molar-refractivity contribution >= 4 is 6.29 Å². The predicted molar refractivity (Wildman–Crippen MR) is 69.1 cm³/mol. The van der Waals surface area contributed by atoms with Crippen molar-refractivity contribution in [2.45, 2.75) is 19.6 Å². The highest BCUT2D eigenvalue weighted by atomic mass is 16.5. The third-order valence-electron chi connectivity index (χ3n) is 3.39. The molecule has 2 aromatic rings. The highest BCUT2D eigenvalue weighted by molar-refractivity contribution is 5.77. The molecule has 2 heterocycles. The molecule has 96 valence electrons. The van der Waals surface area contributed by atoms with Crippen LogP contribution in [0.3, 0.4) is 0 Å². The Morgan fingerprint density at radius 1 is 1.37 bits per heavy atom. The number of aldehydes is 1. The van der Waals surface area contributed by atoms with Gasteiger partial charge >= 0.3 is 0 Å². The van der Waals surface area contributed by atoms with Crippen molar-refractivity contribution in [3.63, 3.8) is 0 Å². The molecule has 1 aromatic carbocycles. The van der Waals surface area contributed by atoms with Gasteiger partial charge in [-0.1, -0.05) is 29.8 Å². The van der Waals surface area contributed by atoms with Crippen molar-refractivity contribution in [2.24, 2.45) is 0 Å².